The number of rotatable bonds is 7. The standard InChI is InChI=1S/C15H19N3O2/c1-3-20-15-9-13(17-14(18-15)11-19-2)16-10-12-7-5-4-6-8-12/h4-9H,3,10-11H2,1-2H3,(H,16,17,18). The summed E-state index contributed by atoms with van der Waals surface area (Å²) in [5, 5.41) is 3.27. The van der Waals surface area contributed by atoms with Gasteiger partial charge in [-0.1, -0.05) is 30.3 Å². The first-order valence-electron chi connectivity index (χ1n) is 6.59. The Morgan fingerprint density at radius 3 is 2.65 bits per heavy atom. The van der Waals surface area contributed by atoms with Gasteiger partial charge in [-0.3, -0.25) is 0 Å². The lowest BCUT2D eigenvalue weighted by Gasteiger charge is -2.10. The summed E-state index contributed by atoms with van der Waals surface area (Å²) in [4.78, 5) is 8.66. The Morgan fingerprint density at radius 1 is 1.15 bits per heavy atom. The molecule has 0 spiro atoms. The van der Waals surface area contributed by atoms with Gasteiger partial charge in [-0.05, 0) is 12.5 Å². The van der Waals surface area contributed by atoms with E-state index < -0.39 is 0 Å². The number of nitrogens with zero attached hydrogens (tertiary/aromatic N) is 2. The molecule has 0 aliphatic heterocycles. The molecule has 0 aliphatic rings. The van der Waals surface area contributed by atoms with Gasteiger partial charge in [0.1, 0.15) is 12.4 Å². The van der Waals surface area contributed by atoms with Crippen LogP contribution >= 0.6 is 0 Å². The molecular weight excluding hydrogens is 254 g/mol. The zero-order chi connectivity index (χ0) is 14.2. The zero-order valence-electron chi connectivity index (χ0n) is 11.8. The Kier molecular flexibility index (Phi) is 5.32. The second-order valence-corrected chi connectivity index (χ2v) is 4.21. The first-order chi connectivity index (χ1) is 9.81. The minimum Gasteiger partial charge on any atom is -0.478 e. The van der Waals surface area contributed by atoms with E-state index in [9.17, 15) is 0 Å². The normalized spacial score (nSPS) is 10.3. The first kappa shape index (κ1) is 14.3. The van der Waals surface area contributed by atoms with Crippen LogP contribution in [0.4, 0.5) is 5.82 Å². The Morgan fingerprint density at radius 2 is 1.95 bits per heavy atom. The van der Waals surface area contributed by atoms with Crippen molar-refractivity contribution in [2.75, 3.05) is 19.0 Å². The van der Waals surface area contributed by atoms with E-state index in [4.69, 9.17) is 9.47 Å². The van der Waals surface area contributed by atoms with Gasteiger partial charge in [-0.15, -0.1) is 0 Å². The maximum Gasteiger partial charge on any atom is 0.218 e. The van der Waals surface area contributed by atoms with Crippen molar-refractivity contribution in [2.45, 2.75) is 20.1 Å². The molecule has 5 nitrogen and oxygen atoms in total. The predicted octanol–water partition coefficient (Wildman–Crippen LogP) is 2.63. The summed E-state index contributed by atoms with van der Waals surface area (Å²) >= 11 is 0. The van der Waals surface area contributed by atoms with E-state index in [1.807, 2.05) is 25.1 Å². The molecule has 0 saturated carbocycles. The number of benzene rings is 1. The highest BCUT2D eigenvalue weighted by Gasteiger charge is 2.05. The average molecular weight is 273 g/mol. The second kappa shape index (κ2) is 7.45. The molecule has 0 atom stereocenters. The molecule has 0 fully saturated rings. The van der Waals surface area contributed by atoms with Gasteiger partial charge >= 0.3 is 0 Å². The highest BCUT2D eigenvalue weighted by atomic mass is 16.5. The topological polar surface area (TPSA) is 56.3 Å². The Bertz CT molecular complexity index is 508. The maximum absolute atomic E-state index is 5.44. The van der Waals surface area contributed by atoms with Crippen molar-refractivity contribution in [2.24, 2.45) is 0 Å². The molecule has 0 amide bonds. The average Bonchev–Trinajstić information content (AvgIpc) is 2.47. The number of ether oxygens (including phenoxy) is 2. The molecular formula is C15H19N3O2. The fourth-order valence-electron chi connectivity index (χ4n) is 1.77. The van der Waals surface area contributed by atoms with E-state index in [1.54, 1.807) is 13.2 Å². The van der Waals surface area contributed by atoms with Crippen LogP contribution in [0.3, 0.4) is 0 Å². The molecule has 0 bridgehead atoms. The van der Waals surface area contributed by atoms with Crippen LogP contribution in [0.25, 0.3) is 0 Å². The summed E-state index contributed by atoms with van der Waals surface area (Å²) in [6.45, 7) is 3.56. The van der Waals surface area contributed by atoms with Crippen LogP contribution in [0.15, 0.2) is 36.4 Å². The quantitative estimate of drug-likeness (QED) is 0.840. The Hall–Kier alpha value is -2.14. The number of hydrogen-bond acceptors (Lipinski definition) is 5. The van der Waals surface area contributed by atoms with Gasteiger partial charge in [0, 0.05) is 19.7 Å². The third-order valence-corrected chi connectivity index (χ3v) is 2.63. The van der Waals surface area contributed by atoms with Crippen molar-refractivity contribution in [1.29, 1.82) is 0 Å². The van der Waals surface area contributed by atoms with E-state index >= 15 is 0 Å². The summed E-state index contributed by atoms with van der Waals surface area (Å²) in [6, 6.07) is 11.9. The molecule has 0 unspecified atom stereocenters. The summed E-state index contributed by atoms with van der Waals surface area (Å²) < 4.78 is 10.5. The molecule has 5 heteroatoms. The van der Waals surface area contributed by atoms with Crippen molar-refractivity contribution in [3.05, 3.63) is 47.8 Å². The van der Waals surface area contributed by atoms with Crippen LogP contribution < -0.4 is 10.1 Å². The molecule has 1 N–H and O–H groups in total. The van der Waals surface area contributed by atoms with E-state index in [-0.39, 0.29) is 0 Å². The van der Waals surface area contributed by atoms with E-state index in [0.29, 0.717) is 31.5 Å². The van der Waals surface area contributed by atoms with Gasteiger partial charge in [-0.2, -0.15) is 4.98 Å². The van der Waals surface area contributed by atoms with Crippen molar-refractivity contribution in [3.63, 3.8) is 0 Å². The zero-order valence-corrected chi connectivity index (χ0v) is 11.8. The van der Waals surface area contributed by atoms with Crippen LogP contribution in [0.5, 0.6) is 5.88 Å². The van der Waals surface area contributed by atoms with Crippen molar-refractivity contribution < 1.29 is 9.47 Å². The summed E-state index contributed by atoms with van der Waals surface area (Å²) in [5.74, 6) is 1.90. The maximum atomic E-state index is 5.44. The number of nitrogens with one attached hydrogen (secondary N) is 1. The third kappa shape index (κ3) is 4.20. The third-order valence-electron chi connectivity index (χ3n) is 2.63. The molecule has 0 radical (unpaired) electrons. The van der Waals surface area contributed by atoms with E-state index in [2.05, 4.69) is 27.4 Å². The minimum absolute atomic E-state index is 0.362. The van der Waals surface area contributed by atoms with Crippen molar-refractivity contribution >= 4 is 5.82 Å². The highest BCUT2D eigenvalue weighted by Crippen LogP contribution is 2.15. The lowest BCUT2D eigenvalue weighted by molar-refractivity contribution is 0.176. The predicted molar refractivity (Wildman–Crippen MR) is 77.7 cm³/mol. The van der Waals surface area contributed by atoms with Crippen molar-refractivity contribution in [1.82, 2.24) is 9.97 Å². The molecule has 2 aromatic rings. The summed E-state index contributed by atoms with van der Waals surface area (Å²) in [6.07, 6.45) is 0. The number of hydrogen-bond donors (Lipinski definition) is 1. The van der Waals surface area contributed by atoms with Crippen molar-refractivity contribution in [3.8, 4) is 5.88 Å². The van der Waals surface area contributed by atoms with Crippen LogP contribution in [0.1, 0.15) is 18.3 Å². The molecule has 1 heterocycles. The Labute approximate surface area is 119 Å². The first-order valence-corrected chi connectivity index (χ1v) is 6.59. The monoisotopic (exact) mass is 273 g/mol. The molecule has 0 aliphatic carbocycles. The fraction of sp³-hybridized carbons (Fsp3) is 0.333. The van der Waals surface area contributed by atoms with Crippen LogP contribution in [0.2, 0.25) is 0 Å². The SMILES string of the molecule is CCOc1cc(NCc2ccccc2)nc(COC)n1. The van der Waals surface area contributed by atoms with E-state index in [1.165, 1.54) is 5.56 Å². The van der Waals surface area contributed by atoms with Gasteiger partial charge in [0.2, 0.25) is 5.88 Å². The van der Waals surface area contributed by atoms with Gasteiger partial charge < -0.3 is 14.8 Å². The molecule has 1 aromatic carbocycles. The summed E-state index contributed by atoms with van der Waals surface area (Å²) in [5.41, 5.74) is 1.19. The van der Waals surface area contributed by atoms with Gasteiger partial charge in [-0.25, -0.2) is 4.98 Å². The number of aromatic nitrogens is 2. The van der Waals surface area contributed by atoms with E-state index in [0.717, 1.165) is 5.82 Å². The van der Waals surface area contributed by atoms with Crippen LogP contribution in [0, 0.1) is 0 Å². The van der Waals surface area contributed by atoms with Gasteiger partial charge in [0.25, 0.3) is 0 Å². The van der Waals surface area contributed by atoms with Gasteiger partial charge in [0.15, 0.2) is 5.82 Å². The molecule has 2 rings (SSSR count). The number of methoxy groups -OCH3 is 1. The highest BCUT2D eigenvalue weighted by molar-refractivity contribution is 5.39. The molecule has 106 valence electrons. The van der Waals surface area contributed by atoms with Gasteiger partial charge in [0.05, 0.1) is 6.61 Å². The van der Waals surface area contributed by atoms with Crippen LogP contribution in [-0.2, 0) is 17.9 Å². The molecule has 1 aromatic heterocycles. The lowest BCUT2D eigenvalue weighted by Crippen LogP contribution is -2.07. The molecule has 20 heavy (non-hydrogen) atoms. The fourth-order valence-corrected chi connectivity index (χ4v) is 1.77. The summed E-state index contributed by atoms with van der Waals surface area (Å²) in [7, 11) is 1.62. The largest absolute Gasteiger partial charge is 0.478 e. The van der Waals surface area contributed by atoms with Crippen LogP contribution in [-0.4, -0.2) is 23.7 Å². The second-order valence-electron chi connectivity index (χ2n) is 4.21. The minimum atomic E-state index is 0.362. The Balaban J connectivity index is 2.09. The number of anilines is 1. The molecule has 0 saturated heterocycles. The lowest BCUT2D eigenvalue weighted by atomic mass is 10.2. The smallest absolute Gasteiger partial charge is 0.218 e.